The Bertz CT molecular complexity index is 471. The molecule has 0 aliphatic rings. The van der Waals surface area contributed by atoms with E-state index in [1.807, 2.05) is 0 Å². The van der Waals surface area contributed by atoms with Crippen LogP contribution in [0, 0.1) is 11.6 Å². The van der Waals surface area contributed by atoms with Crippen LogP contribution in [0.1, 0.15) is 6.92 Å². The molecule has 1 aromatic rings. The lowest BCUT2D eigenvalue weighted by Gasteiger charge is -2.23. The normalized spacial score (nSPS) is 11.5. The van der Waals surface area contributed by atoms with E-state index in [2.05, 4.69) is 0 Å². The van der Waals surface area contributed by atoms with Crippen molar-refractivity contribution in [3.05, 3.63) is 29.8 Å². The molecule has 0 aliphatic carbocycles. The molecule has 0 unspecified atom stereocenters. The van der Waals surface area contributed by atoms with Gasteiger partial charge in [0.05, 0.1) is 5.75 Å². The van der Waals surface area contributed by atoms with Gasteiger partial charge in [0.15, 0.2) is 11.6 Å². The molecule has 0 saturated heterocycles. The first-order valence-corrected chi connectivity index (χ1v) is 6.69. The number of sulfonamides is 1. The number of para-hydroxylation sites is 1. The molecular weight excluding hydrogens is 250 g/mol. The Morgan fingerprint density at radius 3 is 2.24 bits per heavy atom. The van der Waals surface area contributed by atoms with Crippen molar-refractivity contribution >= 4 is 15.7 Å². The molecule has 0 aliphatic heterocycles. The van der Waals surface area contributed by atoms with Gasteiger partial charge in [0.2, 0.25) is 10.0 Å². The van der Waals surface area contributed by atoms with Crippen LogP contribution >= 0.6 is 0 Å². The predicted octanol–water partition coefficient (Wildman–Crippen LogP) is 1.08. The molecule has 7 heteroatoms. The average molecular weight is 264 g/mol. The predicted molar refractivity (Wildman–Crippen MR) is 62.2 cm³/mol. The molecule has 0 atom stereocenters. The molecule has 0 radical (unpaired) electrons. The van der Waals surface area contributed by atoms with Crippen LogP contribution in [-0.2, 0) is 10.0 Å². The number of benzene rings is 1. The van der Waals surface area contributed by atoms with Crippen molar-refractivity contribution in [2.45, 2.75) is 6.92 Å². The molecular formula is C10H14F2N2O2S. The van der Waals surface area contributed by atoms with Gasteiger partial charge in [-0.05, 0) is 19.1 Å². The van der Waals surface area contributed by atoms with Gasteiger partial charge in [0, 0.05) is 13.1 Å². The van der Waals surface area contributed by atoms with E-state index in [-0.39, 0.29) is 18.8 Å². The molecule has 0 fully saturated rings. The molecule has 4 nitrogen and oxygen atoms in total. The van der Waals surface area contributed by atoms with Gasteiger partial charge in [-0.15, -0.1) is 0 Å². The van der Waals surface area contributed by atoms with Crippen LogP contribution < -0.4 is 10.0 Å². The van der Waals surface area contributed by atoms with Crippen LogP contribution in [0.5, 0.6) is 0 Å². The summed E-state index contributed by atoms with van der Waals surface area (Å²) in [5.74, 6) is -2.17. The second-order valence-corrected chi connectivity index (χ2v) is 5.35. The fraction of sp³-hybridized carbons (Fsp3) is 0.400. The summed E-state index contributed by atoms with van der Waals surface area (Å²) in [5.41, 5.74) is 4.62. The highest BCUT2D eigenvalue weighted by atomic mass is 32.2. The van der Waals surface area contributed by atoms with Crippen molar-refractivity contribution < 1.29 is 17.2 Å². The first-order valence-electron chi connectivity index (χ1n) is 5.08. The van der Waals surface area contributed by atoms with Crippen molar-refractivity contribution in [1.82, 2.24) is 0 Å². The number of rotatable bonds is 5. The smallest absolute Gasteiger partial charge is 0.236 e. The minimum atomic E-state index is -3.79. The zero-order valence-electron chi connectivity index (χ0n) is 9.36. The van der Waals surface area contributed by atoms with Gasteiger partial charge in [0.25, 0.3) is 0 Å². The Kier molecular flexibility index (Phi) is 4.41. The fourth-order valence-corrected chi connectivity index (χ4v) is 2.84. The monoisotopic (exact) mass is 264 g/mol. The van der Waals surface area contributed by atoms with E-state index < -0.39 is 27.3 Å². The third-order valence-electron chi connectivity index (χ3n) is 2.19. The third kappa shape index (κ3) is 2.92. The highest BCUT2D eigenvalue weighted by molar-refractivity contribution is 7.92. The second kappa shape index (κ2) is 5.42. The van der Waals surface area contributed by atoms with E-state index in [9.17, 15) is 17.2 Å². The molecule has 0 heterocycles. The zero-order chi connectivity index (χ0) is 13.1. The zero-order valence-corrected chi connectivity index (χ0v) is 10.2. The van der Waals surface area contributed by atoms with Gasteiger partial charge in [-0.2, -0.15) is 0 Å². The van der Waals surface area contributed by atoms with Crippen LogP contribution in [0.3, 0.4) is 0 Å². The van der Waals surface area contributed by atoms with Crippen LogP contribution in [0.15, 0.2) is 18.2 Å². The summed E-state index contributed by atoms with van der Waals surface area (Å²) < 4.78 is 51.2. The fourth-order valence-electron chi connectivity index (χ4n) is 1.48. The van der Waals surface area contributed by atoms with E-state index in [1.54, 1.807) is 0 Å². The molecule has 1 rings (SSSR count). The Labute approximate surface area is 99.1 Å². The molecule has 96 valence electrons. The number of nitrogens with zero attached hydrogens (tertiary/aromatic N) is 1. The van der Waals surface area contributed by atoms with E-state index in [0.717, 1.165) is 12.1 Å². The van der Waals surface area contributed by atoms with Gasteiger partial charge in [-0.1, -0.05) is 6.07 Å². The lowest BCUT2D eigenvalue weighted by Crippen LogP contribution is -2.36. The van der Waals surface area contributed by atoms with Gasteiger partial charge in [0.1, 0.15) is 5.69 Å². The van der Waals surface area contributed by atoms with E-state index in [1.165, 1.54) is 13.0 Å². The molecule has 17 heavy (non-hydrogen) atoms. The van der Waals surface area contributed by atoms with Gasteiger partial charge < -0.3 is 5.73 Å². The number of nitrogens with two attached hydrogens (primary N) is 1. The summed E-state index contributed by atoms with van der Waals surface area (Å²) in [5, 5.41) is 0. The number of anilines is 1. The molecule has 0 spiro atoms. The van der Waals surface area contributed by atoms with Crippen molar-refractivity contribution in [1.29, 1.82) is 0 Å². The van der Waals surface area contributed by atoms with Crippen LogP contribution in [-0.4, -0.2) is 27.3 Å². The first kappa shape index (κ1) is 13.9. The van der Waals surface area contributed by atoms with Gasteiger partial charge in [-0.25, -0.2) is 17.2 Å². The summed E-state index contributed by atoms with van der Waals surface area (Å²) in [4.78, 5) is 0. The minimum absolute atomic E-state index is 0.0554. The van der Waals surface area contributed by atoms with Crippen molar-refractivity contribution in [2.75, 3.05) is 23.1 Å². The molecule has 0 amide bonds. The van der Waals surface area contributed by atoms with Gasteiger partial charge in [-0.3, -0.25) is 4.31 Å². The number of hydrogen-bond acceptors (Lipinski definition) is 3. The lowest BCUT2D eigenvalue weighted by molar-refractivity contribution is 0.568. The summed E-state index contributed by atoms with van der Waals surface area (Å²) in [6, 6.07) is 3.20. The Balaban J connectivity index is 3.28. The van der Waals surface area contributed by atoms with Crippen LogP contribution in [0.2, 0.25) is 0 Å². The van der Waals surface area contributed by atoms with Crippen molar-refractivity contribution in [2.24, 2.45) is 5.73 Å². The Hall–Kier alpha value is -1.21. The summed E-state index contributed by atoms with van der Waals surface area (Å²) in [7, 11) is -3.79. The first-order chi connectivity index (χ1) is 7.94. The quantitative estimate of drug-likeness (QED) is 0.865. The van der Waals surface area contributed by atoms with Crippen LogP contribution in [0.4, 0.5) is 14.5 Å². The summed E-state index contributed by atoms with van der Waals surface area (Å²) in [6.07, 6.45) is 0. The maximum Gasteiger partial charge on any atom is 0.236 e. The van der Waals surface area contributed by atoms with Gasteiger partial charge >= 0.3 is 0 Å². The maximum absolute atomic E-state index is 13.5. The van der Waals surface area contributed by atoms with Crippen LogP contribution in [0.25, 0.3) is 0 Å². The topological polar surface area (TPSA) is 63.4 Å². The van der Waals surface area contributed by atoms with Crippen molar-refractivity contribution in [3.63, 3.8) is 0 Å². The molecule has 1 aromatic carbocycles. The Morgan fingerprint density at radius 2 is 1.82 bits per heavy atom. The summed E-state index contributed by atoms with van der Waals surface area (Å²) in [6.45, 7) is 1.34. The lowest BCUT2D eigenvalue weighted by atomic mass is 10.3. The minimum Gasteiger partial charge on any atom is -0.329 e. The molecule has 0 bridgehead atoms. The largest absolute Gasteiger partial charge is 0.329 e. The highest BCUT2D eigenvalue weighted by Gasteiger charge is 2.25. The maximum atomic E-state index is 13.5. The standard InChI is InChI=1S/C10H14F2N2O2S/c1-2-14(17(15,16)7-6-13)10-8(11)4-3-5-9(10)12/h3-5H,2,6-7,13H2,1H3. The second-order valence-electron chi connectivity index (χ2n) is 3.34. The average Bonchev–Trinajstić information content (AvgIpc) is 2.23. The third-order valence-corrected chi connectivity index (χ3v) is 4.05. The van der Waals surface area contributed by atoms with E-state index in [0.29, 0.717) is 4.31 Å². The molecule has 2 N–H and O–H groups in total. The number of halogens is 2. The highest BCUT2D eigenvalue weighted by Crippen LogP contribution is 2.25. The summed E-state index contributed by atoms with van der Waals surface area (Å²) >= 11 is 0. The van der Waals surface area contributed by atoms with E-state index >= 15 is 0 Å². The molecule has 0 saturated carbocycles. The molecule has 0 aromatic heterocycles. The van der Waals surface area contributed by atoms with Crippen molar-refractivity contribution in [3.8, 4) is 0 Å². The number of hydrogen-bond donors (Lipinski definition) is 1. The van der Waals surface area contributed by atoms with E-state index in [4.69, 9.17) is 5.73 Å². The SMILES string of the molecule is CCN(c1c(F)cccc1F)S(=O)(=O)CCN. The Morgan fingerprint density at radius 1 is 1.29 bits per heavy atom.